The highest BCUT2D eigenvalue weighted by atomic mass is 79.9. The third-order valence-electron chi connectivity index (χ3n) is 4.99. The number of halogens is 1. The fourth-order valence-corrected chi connectivity index (χ4v) is 4.77. The van der Waals surface area contributed by atoms with Gasteiger partial charge in [0, 0.05) is 10.9 Å². The van der Waals surface area contributed by atoms with E-state index in [2.05, 4.69) is 28.2 Å². The van der Waals surface area contributed by atoms with Gasteiger partial charge < -0.3 is 0 Å². The van der Waals surface area contributed by atoms with Crippen LogP contribution in [0.3, 0.4) is 0 Å². The zero-order chi connectivity index (χ0) is 15.0. The van der Waals surface area contributed by atoms with E-state index in [4.69, 9.17) is 0 Å². The maximum Gasteiger partial charge on any atom is 0.234 e. The molecule has 0 aromatic heterocycles. The number of carbonyl (C=O) groups is 2. The van der Waals surface area contributed by atoms with E-state index in [0.29, 0.717) is 12.3 Å². The van der Waals surface area contributed by atoms with E-state index in [9.17, 15) is 9.59 Å². The van der Waals surface area contributed by atoms with E-state index < -0.39 is 0 Å². The molecule has 1 N–H and O–H groups in total. The Kier molecular flexibility index (Phi) is 3.91. The Hall–Kier alpha value is -1.16. The van der Waals surface area contributed by atoms with Crippen molar-refractivity contribution in [3.05, 3.63) is 34.3 Å². The Balaban J connectivity index is 2.07. The Labute approximate surface area is 133 Å². The maximum atomic E-state index is 12.6. The van der Waals surface area contributed by atoms with Crippen molar-refractivity contribution in [1.29, 1.82) is 0 Å². The molecule has 3 unspecified atom stereocenters. The quantitative estimate of drug-likeness (QED) is 0.784. The van der Waals surface area contributed by atoms with Crippen LogP contribution in [0.4, 0.5) is 0 Å². The van der Waals surface area contributed by atoms with Gasteiger partial charge in [-0.15, -0.1) is 0 Å². The predicted molar refractivity (Wildman–Crippen MR) is 84.7 cm³/mol. The summed E-state index contributed by atoms with van der Waals surface area (Å²) in [5.74, 6) is 0.0978. The first-order chi connectivity index (χ1) is 10.0. The molecule has 0 radical (unpaired) electrons. The number of rotatable bonds is 1. The van der Waals surface area contributed by atoms with Crippen molar-refractivity contribution in [1.82, 2.24) is 5.32 Å². The van der Waals surface area contributed by atoms with Crippen LogP contribution in [-0.4, -0.2) is 11.8 Å². The number of piperidine rings is 1. The van der Waals surface area contributed by atoms with Crippen LogP contribution in [0.5, 0.6) is 0 Å². The molecule has 3 nitrogen and oxygen atoms in total. The SMILES string of the molecule is CC1CCCC2(CC(=O)NC(=O)C2c2ccccc2Br)C1. The molecule has 1 aliphatic carbocycles. The van der Waals surface area contributed by atoms with Gasteiger partial charge in [0.25, 0.3) is 0 Å². The summed E-state index contributed by atoms with van der Waals surface area (Å²) >= 11 is 3.57. The Morgan fingerprint density at radius 1 is 1.29 bits per heavy atom. The Morgan fingerprint density at radius 2 is 2.05 bits per heavy atom. The van der Waals surface area contributed by atoms with E-state index >= 15 is 0 Å². The van der Waals surface area contributed by atoms with Crippen LogP contribution in [0, 0.1) is 11.3 Å². The summed E-state index contributed by atoms with van der Waals surface area (Å²) in [4.78, 5) is 24.6. The van der Waals surface area contributed by atoms with Crippen LogP contribution in [0.15, 0.2) is 28.7 Å². The first-order valence-electron chi connectivity index (χ1n) is 7.60. The van der Waals surface area contributed by atoms with Crippen molar-refractivity contribution >= 4 is 27.7 Å². The van der Waals surface area contributed by atoms with Crippen molar-refractivity contribution < 1.29 is 9.59 Å². The van der Waals surface area contributed by atoms with Gasteiger partial charge >= 0.3 is 0 Å². The molecule has 4 heteroatoms. The largest absolute Gasteiger partial charge is 0.296 e. The van der Waals surface area contributed by atoms with Gasteiger partial charge in [0.05, 0.1) is 5.92 Å². The third-order valence-corrected chi connectivity index (χ3v) is 5.71. The molecule has 1 heterocycles. The Morgan fingerprint density at radius 3 is 2.76 bits per heavy atom. The molecule has 1 aromatic carbocycles. The molecule has 1 saturated carbocycles. The number of carbonyl (C=O) groups excluding carboxylic acids is 2. The molecule has 0 bridgehead atoms. The first-order valence-corrected chi connectivity index (χ1v) is 8.39. The van der Waals surface area contributed by atoms with Crippen LogP contribution in [0.25, 0.3) is 0 Å². The summed E-state index contributed by atoms with van der Waals surface area (Å²) in [5.41, 5.74) is 0.803. The standard InChI is InChI=1S/C17H20BrNO2/c1-11-5-4-8-17(9-11)10-14(20)19-16(21)15(17)12-6-2-3-7-13(12)18/h2-3,6-7,11,15H,4-5,8-10H2,1H3,(H,19,20,21). The molecule has 1 aliphatic heterocycles. The minimum atomic E-state index is -0.228. The number of benzene rings is 1. The topological polar surface area (TPSA) is 46.2 Å². The van der Waals surface area contributed by atoms with Gasteiger partial charge in [-0.25, -0.2) is 0 Å². The average molecular weight is 350 g/mol. The van der Waals surface area contributed by atoms with Gasteiger partial charge in [-0.3, -0.25) is 14.9 Å². The fraction of sp³-hybridized carbons (Fsp3) is 0.529. The molecule has 21 heavy (non-hydrogen) atoms. The van der Waals surface area contributed by atoms with Crippen LogP contribution in [0.2, 0.25) is 0 Å². The number of hydrogen-bond donors (Lipinski definition) is 1. The lowest BCUT2D eigenvalue weighted by atomic mass is 9.58. The van der Waals surface area contributed by atoms with Gasteiger partial charge in [0.1, 0.15) is 0 Å². The first kappa shape index (κ1) is 14.8. The van der Waals surface area contributed by atoms with E-state index in [1.165, 1.54) is 6.42 Å². The molecule has 1 aromatic rings. The summed E-state index contributed by atoms with van der Waals surface area (Å²) in [6, 6.07) is 7.89. The van der Waals surface area contributed by atoms with Gasteiger partial charge in [-0.1, -0.05) is 53.9 Å². The zero-order valence-corrected chi connectivity index (χ0v) is 13.8. The molecular formula is C17H20BrNO2. The van der Waals surface area contributed by atoms with E-state index in [1.807, 2.05) is 24.3 Å². The summed E-state index contributed by atoms with van der Waals surface area (Å²) in [5, 5.41) is 2.54. The highest BCUT2D eigenvalue weighted by molar-refractivity contribution is 9.10. The van der Waals surface area contributed by atoms with Crippen LogP contribution in [0.1, 0.15) is 50.5 Å². The lowest BCUT2D eigenvalue weighted by molar-refractivity contribution is -0.142. The van der Waals surface area contributed by atoms with Gasteiger partial charge in [-0.2, -0.15) is 0 Å². The van der Waals surface area contributed by atoms with Crippen LogP contribution >= 0.6 is 15.9 Å². The summed E-state index contributed by atoms with van der Waals surface area (Å²) in [6.07, 6.45) is 4.68. The minimum absolute atomic E-state index is 0.114. The second-order valence-corrected chi connectivity index (χ2v) is 7.46. The van der Waals surface area contributed by atoms with Crippen LogP contribution < -0.4 is 5.32 Å². The maximum absolute atomic E-state index is 12.6. The molecule has 3 rings (SSSR count). The lowest BCUT2D eigenvalue weighted by Crippen LogP contribution is -2.52. The van der Waals surface area contributed by atoms with E-state index in [1.54, 1.807) is 0 Å². The second kappa shape index (κ2) is 5.56. The molecule has 1 saturated heterocycles. The molecule has 112 valence electrons. The summed E-state index contributed by atoms with van der Waals surface area (Å²) < 4.78 is 0.956. The second-order valence-electron chi connectivity index (χ2n) is 6.61. The summed E-state index contributed by atoms with van der Waals surface area (Å²) in [7, 11) is 0. The average Bonchev–Trinajstić information content (AvgIpc) is 2.39. The zero-order valence-electron chi connectivity index (χ0n) is 12.2. The monoisotopic (exact) mass is 349 g/mol. The van der Waals surface area contributed by atoms with Crippen molar-refractivity contribution in [2.75, 3.05) is 0 Å². The van der Waals surface area contributed by atoms with E-state index in [0.717, 1.165) is 29.3 Å². The predicted octanol–water partition coefficient (Wildman–Crippen LogP) is 3.78. The molecule has 2 fully saturated rings. The van der Waals surface area contributed by atoms with Crippen molar-refractivity contribution in [2.24, 2.45) is 11.3 Å². The van der Waals surface area contributed by atoms with Gasteiger partial charge in [0.2, 0.25) is 11.8 Å². The van der Waals surface area contributed by atoms with Crippen molar-refractivity contribution in [3.63, 3.8) is 0 Å². The van der Waals surface area contributed by atoms with Crippen molar-refractivity contribution in [2.45, 2.75) is 44.9 Å². The number of hydrogen-bond acceptors (Lipinski definition) is 2. The van der Waals surface area contributed by atoms with Crippen molar-refractivity contribution in [3.8, 4) is 0 Å². The van der Waals surface area contributed by atoms with E-state index in [-0.39, 0.29) is 23.1 Å². The third kappa shape index (κ3) is 2.66. The lowest BCUT2D eigenvalue weighted by Gasteiger charge is -2.47. The highest BCUT2D eigenvalue weighted by Crippen LogP contribution is 2.53. The highest BCUT2D eigenvalue weighted by Gasteiger charge is 2.50. The smallest absolute Gasteiger partial charge is 0.234 e. The normalized spacial score (nSPS) is 33.0. The minimum Gasteiger partial charge on any atom is -0.296 e. The Bertz CT molecular complexity index is 586. The molecular weight excluding hydrogens is 330 g/mol. The summed E-state index contributed by atoms with van der Waals surface area (Å²) in [6.45, 7) is 2.23. The number of nitrogens with one attached hydrogen (secondary N) is 1. The fourth-order valence-electron chi connectivity index (χ4n) is 4.26. The molecule has 2 amide bonds. The molecule has 2 aliphatic rings. The number of amides is 2. The number of imide groups is 1. The van der Waals surface area contributed by atoms with Crippen LogP contribution in [-0.2, 0) is 9.59 Å². The molecule has 1 spiro atoms. The van der Waals surface area contributed by atoms with Gasteiger partial charge in [0.15, 0.2) is 0 Å². The van der Waals surface area contributed by atoms with Gasteiger partial charge in [-0.05, 0) is 35.8 Å². The molecule has 3 atom stereocenters.